The molecule has 0 fully saturated rings. The standard InChI is InChI=1S/C11H10Cl2N2O4S2/c12-8-2-9(13)10(1-6(8)4-16)21(18,19)14-3-7-5-20-11(17)15-7/h1-2,5,14,16H,3-4H2,(H,15,17). The zero-order valence-electron chi connectivity index (χ0n) is 10.4. The number of rotatable bonds is 5. The van der Waals surface area contributed by atoms with E-state index in [-0.39, 0.29) is 31.9 Å². The Morgan fingerprint density at radius 1 is 1.29 bits per heavy atom. The first-order valence-electron chi connectivity index (χ1n) is 5.58. The number of H-pyrrole nitrogens is 1. The lowest BCUT2D eigenvalue weighted by molar-refractivity contribution is 0.281. The van der Waals surface area contributed by atoms with E-state index in [0.29, 0.717) is 5.69 Å². The van der Waals surface area contributed by atoms with E-state index in [0.717, 1.165) is 11.3 Å². The third-order valence-corrected chi connectivity index (χ3v) is 5.52. The molecule has 10 heteroatoms. The lowest BCUT2D eigenvalue weighted by Gasteiger charge is -2.10. The van der Waals surface area contributed by atoms with Gasteiger partial charge in [0.2, 0.25) is 10.0 Å². The van der Waals surface area contributed by atoms with Crippen molar-refractivity contribution in [3.8, 4) is 0 Å². The van der Waals surface area contributed by atoms with Crippen LogP contribution >= 0.6 is 34.5 Å². The molecule has 0 aliphatic heterocycles. The number of hydrogen-bond donors (Lipinski definition) is 3. The number of halogens is 2. The maximum absolute atomic E-state index is 12.2. The quantitative estimate of drug-likeness (QED) is 0.747. The van der Waals surface area contributed by atoms with Gasteiger partial charge in [0.05, 0.1) is 18.2 Å². The lowest BCUT2D eigenvalue weighted by Crippen LogP contribution is -2.24. The summed E-state index contributed by atoms with van der Waals surface area (Å²) in [5.41, 5.74) is 0.700. The number of aromatic amines is 1. The molecule has 21 heavy (non-hydrogen) atoms. The molecule has 0 saturated heterocycles. The molecule has 0 aliphatic rings. The molecule has 1 heterocycles. The third-order valence-electron chi connectivity index (χ3n) is 2.58. The predicted molar refractivity (Wildman–Crippen MR) is 81.4 cm³/mol. The smallest absolute Gasteiger partial charge is 0.304 e. The highest BCUT2D eigenvalue weighted by Gasteiger charge is 2.20. The van der Waals surface area contributed by atoms with E-state index in [1.807, 2.05) is 0 Å². The molecule has 0 spiro atoms. The van der Waals surface area contributed by atoms with Gasteiger partial charge in [-0.1, -0.05) is 34.5 Å². The average molecular weight is 369 g/mol. The summed E-state index contributed by atoms with van der Waals surface area (Å²) in [7, 11) is -3.90. The average Bonchev–Trinajstić information content (AvgIpc) is 2.82. The fourth-order valence-corrected chi connectivity index (χ4v) is 3.99. The summed E-state index contributed by atoms with van der Waals surface area (Å²) in [5, 5.41) is 10.8. The molecule has 114 valence electrons. The Balaban J connectivity index is 2.29. The molecular weight excluding hydrogens is 359 g/mol. The Hall–Kier alpha value is -0.900. The molecule has 1 aromatic heterocycles. The van der Waals surface area contributed by atoms with Crippen LogP contribution in [0.15, 0.2) is 27.2 Å². The zero-order valence-corrected chi connectivity index (χ0v) is 13.5. The fourth-order valence-electron chi connectivity index (χ4n) is 1.55. The van der Waals surface area contributed by atoms with Crippen molar-refractivity contribution in [3.05, 3.63) is 48.5 Å². The zero-order chi connectivity index (χ0) is 15.6. The first-order valence-corrected chi connectivity index (χ1v) is 8.70. The minimum absolute atomic E-state index is 0.0523. The Bertz CT molecular complexity index is 814. The molecule has 0 aliphatic carbocycles. The van der Waals surface area contributed by atoms with Crippen molar-refractivity contribution in [3.63, 3.8) is 0 Å². The number of thiazole rings is 1. The Kier molecular flexibility index (Phi) is 5.07. The van der Waals surface area contributed by atoms with Gasteiger partial charge in [-0.05, 0) is 17.7 Å². The number of aliphatic hydroxyl groups excluding tert-OH is 1. The minimum atomic E-state index is -3.90. The van der Waals surface area contributed by atoms with E-state index in [1.54, 1.807) is 0 Å². The predicted octanol–water partition coefficient (Wildman–Crippen LogP) is 1.71. The van der Waals surface area contributed by atoms with Crippen LogP contribution in [0.2, 0.25) is 10.0 Å². The van der Waals surface area contributed by atoms with Gasteiger partial charge in [0.25, 0.3) is 0 Å². The molecule has 0 bridgehead atoms. The Morgan fingerprint density at radius 3 is 2.57 bits per heavy atom. The van der Waals surface area contributed by atoms with Gasteiger partial charge in [-0.25, -0.2) is 13.1 Å². The van der Waals surface area contributed by atoms with Crippen LogP contribution in [0.25, 0.3) is 0 Å². The fraction of sp³-hybridized carbons (Fsp3) is 0.182. The maximum Gasteiger partial charge on any atom is 0.304 e. The van der Waals surface area contributed by atoms with Crippen LogP contribution in [0.5, 0.6) is 0 Å². The van der Waals surface area contributed by atoms with Crippen LogP contribution in [0, 0.1) is 0 Å². The molecule has 0 saturated carbocycles. The number of benzene rings is 1. The summed E-state index contributed by atoms with van der Waals surface area (Å²) in [4.78, 5) is 13.0. The number of hydrogen-bond acceptors (Lipinski definition) is 5. The van der Waals surface area contributed by atoms with E-state index in [1.165, 1.54) is 17.5 Å². The van der Waals surface area contributed by atoms with Gasteiger partial charge in [-0.15, -0.1) is 0 Å². The van der Waals surface area contributed by atoms with Crippen LogP contribution in [0.1, 0.15) is 11.3 Å². The van der Waals surface area contributed by atoms with Gasteiger partial charge in [0.1, 0.15) is 4.90 Å². The number of nitrogens with one attached hydrogen (secondary N) is 2. The topological polar surface area (TPSA) is 99.3 Å². The molecule has 2 rings (SSSR count). The molecule has 0 atom stereocenters. The second kappa shape index (κ2) is 6.47. The van der Waals surface area contributed by atoms with Crippen LogP contribution in [-0.2, 0) is 23.2 Å². The molecule has 0 amide bonds. The molecule has 2 aromatic rings. The van der Waals surface area contributed by atoms with Gasteiger partial charge >= 0.3 is 4.87 Å². The summed E-state index contributed by atoms with van der Waals surface area (Å²) in [6.45, 7) is -0.481. The van der Waals surface area contributed by atoms with Crippen molar-refractivity contribution < 1.29 is 13.5 Å². The summed E-state index contributed by atoms with van der Waals surface area (Å²) >= 11 is 12.7. The van der Waals surface area contributed by atoms with Gasteiger partial charge in [-0.2, -0.15) is 0 Å². The van der Waals surface area contributed by atoms with Crippen LogP contribution in [-0.4, -0.2) is 18.5 Å². The SMILES string of the molecule is O=c1[nH]c(CNS(=O)(=O)c2cc(CO)c(Cl)cc2Cl)cs1. The van der Waals surface area contributed by atoms with Crippen molar-refractivity contribution in [2.45, 2.75) is 18.0 Å². The van der Waals surface area contributed by atoms with Gasteiger partial charge in [0.15, 0.2) is 0 Å². The minimum Gasteiger partial charge on any atom is -0.392 e. The highest BCUT2D eigenvalue weighted by Crippen LogP contribution is 2.28. The van der Waals surface area contributed by atoms with E-state index in [2.05, 4.69) is 9.71 Å². The summed E-state index contributed by atoms with van der Waals surface area (Å²) in [6.07, 6.45) is 0. The Labute approximate surface area is 134 Å². The Morgan fingerprint density at radius 2 is 2.00 bits per heavy atom. The van der Waals surface area contributed by atoms with Gasteiger partial charge in [-0.3, -0.25) is 4.79 Å². The molecular formula is C11H10Cl2N2O4S2. The number of aliphatic hydroxyl groups is 1. The number of aromatic nitrogens is 1. The van der Waals surface area contributed by atoms with E-state index >= 15 is 0 Å². The van der Waals surface area contributed by atoms with Crippen molar-refractivity contribution in [2.75, 3.05) is 0 Å². The van der Waals surface area contributed by atoms with Crippen LogP contribution in [0.3, 0.4) is 0 Å². The van der Waals surface area contributed by atoms with E-state index in [9.17, 15) is 13.2 Å². The first kappa shape index (κ1) is 16.5. The highest BCUT2D eigenvalue weighted by atomic mass is 35.5. The number of sulfonamides is 1. The molecule has 6 nitrogen and oxygen atoms in total. The van der Waals surface area contributed by atoms with Crippen molar-refractivity contribution in [1.82, 2.24) is 9.71 Å². The molecule has 1 aromatic carbocycles. The summed E-state index contributed by atoms with van der Waals surface area (Å²) in [5.74, 6) is 0. The lowest BCUT2D eigenvalue weighted by atomic mass is 10.2. The molecule has 3 N–H and O–H groups in total. The summed E-state index contributed by atoms with van der Waals surface area (Å²) in [6, 6.07) is 2.47. The first-order chi connectivity index (χ1) is 9.83. The second-order valence-corrected chi connectivity index (χ2v) is 7.42. The monoisotopic (exact) mass is 368 g/mol. The van der Waals surface area contributed by atoms with Crippen molar-refractivity contribution in [1.29, 1.82) is 0 Å². The maximum atomic E-state index is 12.2. The van der Waals surface area contributed by atoms with Crippen LogP contribution in [0.4, 0.5) is 0 Å². The third kappa shape index (κ3) is 3.85. The largest absolute Gasteiger partial charge is 0.392 e. The second-order valence-electron chi connectivity index (χ2n) is 4.03. The molecule has 0 unspecified atom stereocenters. The van der Waals surface area contributed by atoms with Crippen LogP contribution < -0.4 is 9.60 Å². The van der Waals surface area contributed by atoms with E-state index in [4.69, 9.17) is 28.3 Å². The van der Waals surface area contributed by atoms with Gasteiger partial charge < -0.3 is 10.1 Å². The highest BCUT2D eigenvalue weighted by molar-refractivity contribution is 7.89. The van der Waals surface area contributed by atoms with E-state index < -0.39 is 16.6 Å². The van der Waals surface area contributed by atoms with Gasteiger partial charge in [0, 0.05) is 16.1 Å². The molecule has 0 radical (unpaired) electrons. The van der Waals surface area contributed by atoms with Crippen molar-refractivity contribution in [2.24, 2.45) is 0 Å². The van der Waals surface area contributed by atoms with Crippen molar-refractivity contribution >= 4 is 44.6 Å². The summed E-state index contributed by atoms with van der Waals surface area (Å²) < 4.78 is 26.7. The normalized spacial score (nSPS) is 11.8.